The van der Waals surface area contributed by atoms with E-state index in [4.69, 9.17) is 4.74 Å². The van der Waals surface area contributed by atoms with Crippen LogP contribution in [0.15, 0.2) is 42.5 Å². The number of hydrogen-bond acceptors (Lipinski definition) is 1. The standard InChI is InChI=1S/C29H34NOSi/c1-17(2)13-20-15-21-14-18(3)19(4)25-26(21)24(16-20)31-28-27(25)30(5)23-12-10-9-11-22(23)29(28)32(6,7)8/h9-12,14-17H,13H2,1-8H3/q+1. The largest absolute Gasteiger partial charge is 0.450 e. The number of pyridine rings is 1. The van der Waals surface area contributed by atoms with Crippen LogP contribution in [0.3, 0.4) is 0 Å². The molecule has 3 heteroatoms. The third kappa shape index (κ3) is 3.09. The van der Waals surface area contributed by atoms with E-state index in [9.17, 15) is 0 Å². The molecule has 0 atom stereocenters. The molecule has 0 aliphatic carbocycles. The fraction of sp³-hybridized carbons (Fsp3) is 0.345. The van der Waals surface area contributed by atoms with Gasteiger partial charge >= 0.3 is 0 Å². The second-order valence-electron chi connectivity index (χ2n) is 11.0. The van der Waals surface area contributed by atoms with Crippen molar-refractivity contribution in [1.29, 1.82) is 0 Å². The molecule has 1 aliphatic rings. The van der Waals surface area contributed by atoms with Gasteiger partial charge in [-0.25, -0.2) is 0 Å². The van der Waals surface area contributed by atoms with Crippen molar-refractivity contribution in [3.05, 3.63) is 59.2 Å². The minimum absolute atomic E-state index is 0.612. The van der Waals surface area contributed by atoms with Crippen LogP contribution in [0.2, 0.25) is 19.6 Å². The zero-order chi connectivity index (χ0) is 22.9. The first-order chi connectivity index (χ1) is 15.1. The van der Waals surface area contributed by atoms with E-state index in [1.54, 1.807) is 0 Å². The minimum atomic E-state index is -1.71. The van der Waals surface area contributed by atoms with Crippen LogP contribution in [-0.4, -0.2) is 8.07 Å². The number of aromatic nitrogens is 1. The zero-order valence-electron chi connectivity index (χ0n) is 20.7. The Kier molecular flexibility index (Phi) is 4.76. The van der Waals surface area contributed by atoms with Crippen molar-refractivity contribution in [3.63, 3.8) is 0 Å². The zero-order valence-corrected chi connectivity index (χ0v) is 21.7. The molecule has 4 aromatic rings. The van der Waals surface area contributed by atoms with Crippen molar-refractivity contribution in [2.45, 2.75) is 53.8 Å². The molecule has 3 aromatic carbocycles. The van der Waals surface area contributed by atoms with Gasteiger partial charge in [0.2, 0.25) is 5.52 Å². The number of nitrogens with zero attached hydrogens (tertiary/aromatic N) is 1. The van der Waals surface area contributed by atoms with Gasteiger partial charge in [0.1, 0.15) is 12.8 Å². The number of fused-ring (bicyclic) bond motifs is 3. The predicted octanol–water partition coefficient (Wildman–Crippen LogP) is 6.95. The van der Waals surface area contributed by atoms with Crippen LogP contribution in [0.1, 0.15) is 30.5 Å². The van der Waals surface area contributed by atoms with E-state index in [-0.39, 0.29) is 0 Å². The van der Waals surface area contributed by atoms with E-state index in [0.717, 1.165) is 17.9 Å². The Bertz CT molecular complexity index is 1410. The van der Waals surface area contributed by atoms with Crippen LogP contribution in [-0.2, 0) is 13.5 Å². The van der Waals surface area contributed by atoms with E-state index < -0.39 is 8.07 Å². The summed E-state index contributed by atoms with van der Waals surface area (Å²) in [5.74, 6) is 2.72. The molecular weight excluding hydrogens is 406 g/mol. The predicted molar refractivity (Wildman–Crippen MR) is 139 cm³/mol. The second kappa shape index (κ2) is 7.18. The van der Waals surface area contributed by atoms with E-state index in [1.807, 2.05) is 0 Å². The number of ether oxygens (including phenoxy) is 1. The van der Waals surface area contributed by atoms with Crippen LogP contribution in [0.4, 0.5) is 0 Å². The number of para-hydroxylation sites is 1. The first-order valence-corrected chi connectivity index (χ1v) is 15.3. The van der Waals surface area contributed by atoms with E-state index in [1.165, 1.54) is 54.8 Å². The number of hydrogen-bond donors (Lipinski definition) is 0. The lowest BCUT2D eigenvalue weighted by Crippen LogP contribution is -2.45. The molecule has 0 radical (unpaired) electrons. The molecule has 0 fully saturated rings. The Balaban J connectivity index is 1.99. The second-order valence-corrected chi connectivity index (χ2v) is 16.0. The quantitative estimate of drug-likeness (QED) is 0.218. The van der Waals surface area contributed by atoms with E-state index in [2.05, 4.69) is 101 Å². The molecule has 5 rings (SSSR count). The summed E-state index contributed by atoms with van der Waals surface area (Å²) in [6.45, 7) is 16.4. The summed E-state index contributed by atoms with van der Waals surface area (Å²) in [6, 6.07) is 15.9. The third-order valence-electron chi connectivity index (χ3n) is 6.94. The van der Waals surface area contributed by atoms with Crippen molar-refractivity contribution in [3.8, 4) is 22.8 Å². The van der Waals surface area contributed by atoms with Crippen molar-refractivity contribution >= 4 is 34.9 Å². The molecule has 0 saturated heterocycles. The first kappa shape index (κ1) is 21.2. The highest BCUT2D eigenvalue weighted by Crippen LogP contribution is 2.48. The first-order valence-electron chi connectivity index (χ1n) is 11.8. The molecule has 32 heavy (non-hydrogen) atoms. The number of aryl methyl sites for hydroxylation is 2. The monoisotopic (exact) mass is 440 g/mol. The smallest absolute Gasteiger partial charge is 0.256 e. The summed E-state index contributed by atoms with van der Waals surface area (Å²) in [7, 11) is 0.485. The highest BCUT2D eigenvalue weighted by Gasteiger charge is 2.38. The molecule has 0 unspecified atom stereocenters. The summed E-state index contributed by atoms with van der Waals surface area (Å²) in [4.78, 5) is 0. The lowest BCUT2D eigenvalue weighted by molar-refractivity contribution is -0.633. The Morgan fingerprint density at radius 1 is 1.00 bits per heavy atom. The molecule has 1 aromatic heterocycles. The molecule has 164 valence electrons. The van der Waals surface area contributed by atoms with Crippen molar-refractivity contribution in [2.24, 2.45) is 13.0 Å². The van der Waals surface area contributed by atoms with Gasteiger partial charge in [-0.15, -0.1) is 0 Å². The Morgan fingerprint density at radius 2 is 1.72 bits per heavy atom. The maximum absolute atomic E-state index is 6.93. The van der Waals surface area contributed by atoms with Gasteiger partial charge in [0.05, 0.1) is 13.6 Å². The lowest BCUT2D eigenvalue weighted by atomic mass is 9.88. The molecule has 0 amide bonds. The fourth-order valence-corrected chi connectivity index (χ4v) is 7.37. The van der Waals surface area contributed by atoms with Crippen molar-refractivity contribution in [1.82, 2.24) is 0 Å². The van der Waals surface area contributed by atoms with Crippen LogP contribution in [0.5, 0.6) is 11.5 Å². The molecule has 2 nitrogen and oxygen atoms in total. The van der Waals surface area contributed by atoms with Crippen molar-refractivity contribution in [2.75, 3.05) is 0 Å². The summed E-state index contributed by atoms with van der Waals surface area (Å²) in [5.41, 5.74) is 7.92. The molecule has 0 saturated carbocycles. The van der Waals surface area contributed by atoms with Gasteiger partial charge in [-0.2, -0.15) is 4.57 Å². The molecular formula is C29H34NOSi+. The van der Waals surface area contributed by atoms with Gasteiger partial charge < -0.3 is 4.74 Å². The highest BCUT2D eigenvalue weighted by molar-refractivity contribution is 6.91. The molecule has 1 aliphatic heterocycles. The topological polar surface area (TPSA) is 13.1 Å². The van der Waals surface area contributed by atoms with Gasteiger partial charge in [0.15, 0.2) is 5.75 Å². The van der Waals surface area contributed by atoms with Crippen molar-refractivity contribution < 1.29 is 9.30 Å². The summed E-state index contributed by atoms with van der Waals surface area (Å²) in [6.07, 6.45) is 1.06. The maximum atomic E-state index is 6.93. The summed E-state index contributed by atoms with van der Waals surface area (Å²) in [5, 5.41) is 5.32. The fourth-order valence-electron chi connectivity index (χ4n) is 5.50. The number of benzene rings is 3. The molecule has 2 heterocycles. The number of rotatable bonds is 3. The average molecular weight is 441 g/mol. The molecule has 0 spiro atoms. The van der Waals surface area contributed by atoms with Gasteiger partial charge in [0.25, 0.3) is 5.69 Å². The minimum Gasteiger partial charge on any atom is -0.450 e. The maximum Gasteiger partial charge on any atom is 0.256 e. The van der Waals surface area contributed by atoms with Crippen LogP contribution < -0.4 is 14.5 Å². The SMILES string of the molecule is Cc1cc2cc(CC(C)C)cc3c2c(c1C)-c1c(c([Si](C)(C)C)c2ccccc2[n+]1C)O3. The van der Waals surface area contributed by atoms with Gasteiger partial charge in [-0.05, 0) is 60.4 Å². The normalized spacial score (nSPS) is 13.0. The summed E-state index contributed by atoms with van der Waals surface area (Å²) >= 11 is 0. The Morgan fingerprint density at radius 3 is 2.41 bits per heavy atom. The Hall–Kier alpha value is -2.65. The van der Waals surface area contributed by atoms with E-state index >= 15 is 0 Å². The highest BCUT2D eigenvalue weighted by atomic mass is 28.3. The Labute approximate surface area is 192 Å². The summed E-state index contributed by atoms with van der Waals surface area (Å²) < 4.78 is 9.29. The molecule has 0 N–H and O–H groups in total. The van der Waals surface area contributed by atoms with Gasteiger partial charge in [0, 0.05) is 22.0 Å². The lowest BCUT2D eigenvalue weighted by Gasteiger charge is -2.29. The average Bonchev–Trinajstić information content (AvgIpc) is 2.69. The van der Waals surface area contributed by atoms with Gasteiger partial charge in [-0.1, -0.05) is 57.8 Å². The van der Waals surface area contributed by atoms with Crippen LogP contribution in [0.25, 0.3) is 32.9 Å². The third-order valence-corrected chi connectivity index (χ3v) is 8.93. The van der Waals surface area contributed by atoms with E-state index in [0.29, 0.717) is 5.92 Å². The van der Waals surface area contributed by atoms with Crippen LogP contribution in [0, 0.1) is 19.8 Å². The van der Waals surface area contributed by atoms with Gasteiger partial charge in [-0.3, -0.25) is 0 Å². The van der Waals surface area contributed by atoms with Crippen LogP contribution >= 0.6 is 0 Å². The molecule has 0 bridgehead atoms.